The number of hydrogen-bond donors (Lipinski definition) is 2. The zero-order valence-electron chi connectivity index (χ0n) is 7.11. The minimum atomic E-state index is -3.19. The van der Waals surface area contributed by atoms with E-state index >= 15 is 0 Å². The molecule has 12 heavy (non-hydrogen) atoms. The molecule has 0 bridgehead atoms. The SMILES string of the molecule is CC(=O)O.CN.CS(=O)(=O)Cl.[Y]. The molecule has 0 heterocycles. The van der Waals surface area contributed by atoms with Crippen LogP contribution in [-0.4, -0.2) is 32.8 Å². The molecule has 0 aromatic heterocycles. The fraction of sp³-hybridized carbons (Fsp3) is 0.750. The molecule has 0 aliphatic rings. The van der Waals surface area contributed by atoms with Gasteiger partial charge in [-0.2, -0.15) is 0 Å². The van der Waals surface area contributed by atoms with E-state index in [4.69, 9.17) is 9.90 Å². The molecule has 1 radical (unpaired) electrons. The van der Waals surface area contributed by atoms with Crippen LogP contribution in [0, 0.1) is 0 Å². The normalized spacial score (nSPS) is 7.42. The average Bonchev–Trinajstić information content (AvgIpc) is 1.63. The Morgan fingerprint density at radius 1 is 1.42 bits per heavy atom. The molecule has 0 aromatic carbocycles. The number of carbonyl (C=O) groups is 1. The number of carboxylic acid groups (broad SMARTS) is 1. The second kappa shape index (κ2) is 14.3. The van der Waals surface area contributed by atoms with Crippen LogP contribution >= 0.6 is 10.7 Å². The number of carboxylic acids is 1. The van der Waals surface area contributed by atoms with E-state index in [-0.39, 0.29) is 32.7 Å². The van der Waals surface area contributed by atoms with Gasteiger partial charge >= 0.3 is 0 Å². The molecular weight excluding hydrogens is 282 g/mol. The second-order valence-corrected chi connectivity index (χ2v) is 4.25. The van der Waals surface area contributed by atoms with Crippen LogP contribution in [0.15, 0.2) is 0 Å². The molecule has 0 fully saturated rings. The van der Waals surface area contributed by atoms with Gasteiger partial charge in [0, 0.05) is 50.3 Å². The summed E-state index contributed by atoms with van der Waals surface area (Å²) in [6.07, 6.45) is 0.925. The van der Waals surface area contributed by atoms with Gasteiger partial charge in [-0.1, -0.05) is 0 Å². The van der Waals surface area contributed by atoms with Crippen molar-refractivity contribution in [1.82, 2.24) is 0 Å². The van der Waals surface area contributed by atoms with Crippen molar-refractivity contribution in [2.75, 3.05) is 13.3 Å². The van der Waals surface area contributed by atoms with Crippen molar-refractivity contribution in [3.63, 3.8) is 0 Å². The fourth-order valence-electron chi connectivity index (χ4n) is 0. The molecule has 5 nitrogen and oxygen atoms in total. The van der Waals surface area contributed by atoms with Gasteiger partial charge in [-0.05, 0) is 7.05 Å². The Balaban J connectivity index is -0.0000000419. The molecule has 0 saturated heterocycles. The van der Waals surface area contributed by atoms with E-state index in [1.165, 1.54) is 7.05 Å². The average molecular weight is 295 g/mol. The van der Waals surface area contributed by atoms with Crippen molar-refractivity contribution in [2.24, 2.45) is 5.73 Å². The van der Waals surface area contributed by atoms with Crippen LogP contribution in [0.25, 0.3) is 0 Å². The molecular formula is C4H12ClNO4SY. The summed E-state index contributed by atoms with van der Waals surface area (Å²) in [6.45, 7) is 1.08. The third-order valence-corrected chi connectivity index (χ3v) is 0. The van der Waals surface area contributed by atoms with E-state index in [1.54, 1.807) is 0 Å². The van der Waals surface area contributed by atoms with Crippen molar-refractivity contribution in [2.45, 2.75) is 6.92 Å². The van der Waals surface area contributed by atoms with Crippen molar-refractivity contribution < 1.29 is 51.0 Å². The number of aliphatic carboxylic acids is 1. The van der Waals surface area contributed by atoms with Crippen LogP contribution in [0.4, 0.5) is 0 Å². The smallest absolute Gasteiger partial charge is 0.300 e. The zero-order valence-corrected chi connectivity index (χ0v) is 11.5. The van der Waals surface area contributed by atoms with Gasteiger partial charge in [0.2, 0.25) is 9.05 Å². The van der Waals surface area contributed by atoms with Gasteiger partial charge in [-0.25, -0.2) is 8.42 Å². The predicted octanol–water partition coefficient (Wildman–Crippen LogP) is -0.152. The largest absolute Gasteiger partial charge is 0.481 e. The summed E-state index contributed by atoms with van der Waals surface area (Å²) >= 11 is 0. The summed E-state index contributed by atoms with van der Waals surface area (Å²) in [5, 5.41) is 7.42. The Kier molecular flexibility index (Phi) is 27.4. The minimum Gasteiger partial charge on any atom is -0.481 e. The van der Waals surface area contributed by atoms with E-state index in [0.29, 0.717) is 0 Å². The van der Waals surface area contributed by atoms with Gasteiger partial charge in [0.1, 0.15) is 0 Å². The zero-order chi connectivity index (χ0) is 10.1. The van der Waals surface area contributed by atoms with E-state index < -0.39 is 15.0 Å². The maximum absolute atomic E-state index is 9.40. The molecule has 0 aliphatic carbocycles. The second-order valence-electron chi connectivity index (χ2n) is 1.20. The quantitative estimate of drug-likeness (QED) is 0.605. The van der Waals surface area contributed by atoms with Crippen LogP contribution in [0.5, 0.6) is 0 Å². The van der Waals surface area contributed by atoms with Gasteiger partial charge in [-0.15, -0.1) is 0 Å². The van der Waals surface area contributed by atoms with E-state index in [2.05, 4.69) is 16.4 Å². The number of hydrogen-bond acceptors (Lipinski definition) is 4. The first-order valence-electron chi connectivity index (χ1n) is 2.40. The van der Waals surface area contributed by atoms with Crippen LogP contribution in [0.3, 0.4) is 0 Å². The first-order valence-corrected chi connectivity index (χ1v) is 5.12. The number of nitrogens with two attached hydrogens (primary N) is 1. The van der Waals surface area contributed by atoms with Gasteiger partial charge in [-0.3, -0.25) is 4.79 Å². The summed E-state index contributed by atoms with van der Waals surface area (Å²) in [5.41, 5.74) is 4.50. The summed E-state index contributed by atoms with van der Waals surface area (Å²) in [6, 6.07) is 0. The van der Waals surface area contributed by atoms with Crippen molar-refractivity contribution in [3.05, 3.63) is 0 Å². The Bertz CT molecular complexity index is 169. The Hall–Kier alpha value is 0.774. The third-order valence-electron chi connectivity index (χ3n) is 0. The van der Waals surface area contributed by atoms with Crippen molar-refractivity contribution >= 4 is 25.7 Å². The summed E-state index contributed by atoms with van der Waals surface area (Å²) in [4.78, 5) is 9.00. The minimum absolute atomic E-state index is 0. The van der Waals surface area contributed by atoms with Crippen LogP contribution < -0.4 is 5.73 Å². The summed E-state index contributed by atoms with van der Waals surface area (Å²) in [5.74, 6) is -0.833. The summed E-state index contributed by atoms with van der Waals surface area (Å²) in [7, 11) is 2.81. The molecule has 0 saturated carbocycles. The molecule has 0 unspecified atom stereocenters. The monoisotopic (exact) mass is 294 g/mol. The topological polar surface area (TPSA) is 97.5 Å². The van der Waals surface area contributed by atoms with Gasteiger partial charge < -0.3 is 10.8 Å². The molecule has 3 N–H and O–H groups in total. The molecule has 0 atom stereocenters. The molecule has 8 heteroatoms. The summed E-state index contributed by atoms with van der Waals surface area (Å²) < 4.78 is 18.8. The number of halogens is 1. The molecule has 0 amide bonds. The fourth-order valence-corrected chi connectivity index (χ4v) is 0. The third kappa shape index (κ3) is 1720. The van der Waals surface area contributed by atoms with Gasteiger partial charge in [0.25, 0.3) is 5.97 Å². The molecule has 0 aliphatic heterocycles. The Morgan fingerprint density at radius 2 is 1.42 bits per heavy atom. The van der Waals surface area contributed by atoms with E-state index in [0.717, 1.165) is 13.2 Å². The predicted molar refractivity (Wildman–Crippen MR) is 44.1 cm³/mol. The standard InChI is InChI=1S/C2H4O2.CH3ClO2S.CH5N.Y/c1-2(3)4;1-5(2,3)4;1-2;/h1H3,(H,3,4);1H3;2H2,1H3;. The molecule has 0 aromatic rings. The first kappa shape index (κ1) is 23.0. The first-order chi connectivity index (χ1) is 4.73. The molecule has 73 valence electrons. The maximum atomic E-state index is 9.40. The van der Waals surface area contributed by atoms with Gasteiger partial charge in [0.15, 0.2) is 0 Å². The maximum Gasteiger partial charge on any atom is 0.300 e. The van der Waals surface area contributed by atoms with E-state index in [9.17, 15) is 8.42 Å². The van der Waals surface area contributed by atoms with E-state index in [1.807, 2.05) is 0 Å². The molecule has 0 rings (SSSR count). The Morgan fingerprint density at radius 3 is 1.42 bits per heavy atom. The van der Waals surface area contributed by atoms with Crippen LogP contribution in [0.1, 0.15) is 6.92 Å². The van der Waals surface area contributed by atoms with Crippen LogP contribution in [-0.2, 0) is 46.6 Å². The molecule has 0 spiro atoms. The van der Waals surface area contributed by atoms with Crippen molar-refractivity contribution in [3.8, 4) is 0 Å². The van der Waals surface area contributed by atoms with Crippen LogP contribution in [0.2, 0.25) is 0 Å². The Labute approximate surface area is 102 Å². The van der Waals surface area contributed by atoms with Crippen molar-refractivity contribution in [1.29, 1.82) is 0 Å². The number of rotatable bonds is 0. The van der Waals surface area contributed by atoms with Gasteiger partial charge in [0.05, 0.1) is 6.26 Å².